The smallest absolute Gasteiger partial charge is 0.264 e. The van der Waals surface area contributed by atoms with E-state index >= 15 is 0 Å². The van der Waals surface area contributed by atoms with Crippen molar-refractivity contribution in [2.75, 3.05) is 0 Å². The van der Waals surface area contributed by atoms with Crippen molar-refractivity contribution in [2.45, 2.75) is 60.7 Å². The molecule has 0 radical (unpaired) electrons. The van der Waals surface area contributed by atoms with Gasteiger partial charge in [-0.25, -0.2) is 9.97 Å². The van der Waals surface area contributed by atoms with Gasteiger partial charge in [-0.1, -0.05) is 42.0 Å². The Labute approximate surface area is 211 Å². The summed E-state index contributed by atoms with van der Waals surface area (Å²) in [4.78, 5) is 27.1. The molecule has 186 valence electrons. The molecule has 4 rings (SSSR count). The van der Waals surface area contributed by atoms with Crippen molar-refractivity contribution in [2.24, 2.45) is 0 Å². The van der Waals surface area contributed by atoms with Gasteiger partial charge in [0, 0.05) is 11.8 Å². The normalized spacial score (nSPS) is 11.6. The minimum atomic E-state index is -1.17. The van der Waals surface area contributed by atoms with Crippen LogP contribution in [0.25, 0.3) is 16.9 Å². The van der Waals surface area contributed by atoms with E-state index in [9.17, 15) is 9.90 Å². The van der Waals surface area contributed by atoms with E-state index in [1.165, 1.54) is 0 Å². The summed E-state index contributed by atoms with van der Waals surface area (Å²) < 4.78 is 7.56. The van der Waals surface area contributed by atoms with Gasteiger partial charge in [-0.05, 0) is 71.2 Å². The number of aryl methyl sites for hydroxylation is 4. The van der Waals surface area contributed by atoms with E-state index in [4.69, 9.17) is 4.74 Å². The van der Waals surface area contributed by atoms with Gasteiger partial charge in [-0.15, -0.1) is 0 Å². The molecule has 7 heteroatoms. The molecule has 7 nitrogen and oxygen atoms in total. The van der Waals surface area contributed by atoms with Gasteiger partial charge in [0.15, 0.2) is 5.82 Å². The molecule has 0 aliphatic carbocycles. The summed E-state index contributed by atoms with van der Waals surface area (Å²) in [5.41, 5.74) is 5.31. The predicted octanol–water partition coefficient (Wildman–Crippen LogP) is 5.04. The molecule has 0 amide bonds. The highest BCUT2D eigenvalue weighted by Gasteiger charge is 2.22. The predicted molar refractivity (Wildman–Crippen MR) is 141 cm³/mol. The number of nitrogens with zero attached hydrogens (tertiary/aromatic N) is 4. The molecule has 0 unspecified atom stereocenters. The Morgan fingerprint density at radius 3 is 2.42 bits per heavy atom. The maximum atomic E-state index is 13.5. The highest BCUT2D eigenvalue weighted by molar-refractivity contribution is 5.67. The number of rotatable bonds is 6. The molecule has 2 heterocycles. The van der Waals surface area contributed by atoms with Crippen molar-refractivity contribution in [3.8, 4) is 22.8 Å². The summed E-state index contributed by atoms with van der Waals surface area (Å²) in [6, 6.07) is 13.9. The lowest BCUT2D eigenvalue weighted by molar-refractivity contribution is 0.0688. The van der Waals surface area contributed by atoms with E-state index in [1.54, 1.807) is 38.5 Å². The van der Waals surface area contributed by atoms with E-state index < -0.39 is 5.60 Å². The third kappa shape index (κ3) is 5.06. The Morgan fingerprint density at radius 1 is 0.972 bits per heavy atom. The lowest BCUT2D eigenvalue weighted by atomic mass is 10.0. The van der Waals surface area contributed by atoms with Gasteiger partial charge >= 0.3 is 0 Å². The van der Waals surface area contributed by atoms with Crippen LogP contribution in [0.2, 0.25) is 0 Å². The van der Waals surface area contributed by atoms with Gasteiger partial charge in [0.25, 0.3) is 5.56 Å². The van der Waals surface area contributed by atoms with Crippen LogP contribution in [0.15, 0.2) is 53.5 Å². The number of aromatic nitrogens is 4. The molecular weight excluding hydrogens is 452 g/mol. The minimum absolute atomic E-state index is 0.182. The van der Waals surface area contributed by atoms with Crippen LogP contribution in [0.1, 0.15) is 53.3 Å². The fourth-order valence-corrected chi connectivity index (χ4v) is 4.09. The molecule has 0 aliphatic rings. The first-order valence-electron chi connectivity index (χ1n) is 11.9. The summed E-state index contributed by atoms with van der Waals surface area (Å²) in [6.07, 6.45) is 1.71. The summed E-state index contributed by atoms with van der Waals surface area (Å²) in [5, 5.41) is 10.4. The average Bonchev–Trinajstić information content (AvgIpc) is 2.81. The Morgan fingerprint density at radius 2 is 1.72 bits per heavy atom. The third-order valence-corrected chi connectivity index (χ3v) is 6.13. The standard InChI is InChI=1S/C29H32N4O3/c1-17-9-8-10-22(13-17)16-36-26-20(4)27(34)33(21(5)31-26)24-14-23(12-11-18(24)2)25-19(3)15-30-28(32-25)29(6,7)35/h8-15,35H,16H2,1-7H3. The van der Waals surface area contributed by atoms with Crippen molar-refractivity contribution >= 4 is 0 Å². The van der Waals surface area contributed by atoms with Crippen molar-refractivity contribution in [3.05, 3.63) is 98.5 Å². The molecule has 36 heavy (non-hydrogen) atoms. The topological polar surface area (TPSA) is 90.1 Å². The molecule has 0 saturated heterocycles. The van der Waals surface area contributed by atoms with Crippen LogP contribution in [0.5, 0.6) is 5.88 Å². The van der Waals surface area contributed by atoms with Crippen molar-refractivity contribution in [3.63, 3.8) is 0 Å². The molecule has 0 saturated carbocycles. The molecule has 0 bridgehead atoms. The molecule has 4 aromatic rings. The van der Waals surface area contributed by atoms with Gasteiger partial charge in [0.05, 0.1) is 16.9 Å². The number of ether oxygens (including phenoxy) is 1. The molecule has 0 fully saturated rings. The van der Waals surface area contributed by atoms with Crippen LogP contribution in [-0.2, 0) is 12.2 Å². The monoisotopic (exact) mass is 484 g/mol. The number of hydrogen-bond acceptors (Lipinski definition) is 6. The number of benzene rings is 2. The van der Waals surface area contributed by atoms with E-state index in [1.807, 2.05) is 57.2 Å². The largest absolute Gasteiger partial charge is 0.472 e. The van der Waals surface area contributed by atoms with Gasteiger partial charge in [-0.2, -0.15) is 4.98 Å². The molecule has 2 aromatic heterocycles. The Balaban J connectivity index is 1.75. The molecule has 1 N–H and O–H groups in total. The van der Waals surface area contributed by atoms with E-state index in [0.717, 1.165) is 33.5 Å². The number of aliphatic hydroxyl groups is 1. The van der Waals surface area contributed by atoms with Crippen LogP contribution in [0.4, 0.5) is 0 Å². The molecular formula is C29H32N4O3. The highest BCUT2D eigenvalue weighted by Crippen LogP contribution is 2.28. The molecule has 0 aliphatic heterocycles. The van der Waals surface area contributed by atoms with Crippen molar-refractivity contribution < 1.29 is 9.84 Å². The Hall–Kier alpha value is -3.84. The summed E-state index contributed by atoms with van der Waals surface area (Å²) >= 11 is 0. The third-order valence-electron chi connectivity index (χ3n) is 6.13. The van der Waals surface area contributed by atoms with Gasteiger partial charge in [0.2, 0.25) is 5.88 Å². The second-order valence-electron chi connectivity index (χ2n) is 9.79. The molecule has 0 spiro atoms. The van der Waals surface area contributed by atoms with Crippen molar-refractivity contribution in [1.29, 1.82) is 0 Å². The summed E-state index contributed by atoms with van der Waals surface area (Å²) in [6.45, 7) is 13.1. The Bertz CT molecular complexity index is 1500. The Kier molecular flexibility index (Phi) is 6.78. The van der Waals surface area contributed by atoms with Crippen LogP contribution in [-0.4, -0.2) is 24.6 Å². The van der Waals surface area contributed by atoms with Gasteiger partial charge in [0.1, 0.15) is 18.0 Å². The zero-order chi connectivity index (χ0) is 26.2. The highest BCUT2D eigenvalue weighted by atomic mass is 16.5. The van der Waals surface area contributed by atoms with Crippen LogP contribution in [0, 0.1) is 34.6 Å². The minimum Gasteiger partial charge on any atom is -0.472 e. The fourth-order valence-electron chi connectivity index (χ4n) is 4.09. The van der Waals surface area contributed by atoms with Crippen LogP contribution < -0.4 is 10.3 Å². The zero-order valence-electron chi connectivity index (χ0n) is 21.9. The first kappa shape index (κ1) is 25.3. The SMILES string of the molecule is Cc1cccc(COc2nc(C)n(-c3cc(-c4nc(C(C)(C)O)ncc4C)ccc3C)c(=O)c2C)c1. The van der Waals surface area contributed by atoms with Gasteiger partial charge < -0.3 is 9.84 Å². The maximum Gasteiger partial charge on any atom is 0.264 e. The average molecular weight is 485 g/mol. The van der Waals surface area contributed by atoms with Crippen molar-refractivity contribution in [1.82, 2.24) is 19.5 Å². The lowest BCUT2D eigenvalue weighted by Gasteiger charge is -2.19. The van der Waals surface area contributed by atoms with E-state index in [2.05, 4.69) is 21.0 Å². The van der Waals surface area contributed by atoms with Gasteiger partial charge in [-0.3, -0.25) is 9.36 Å². The second-order valence-corrected chi connectivity index (χ2v) is 9.79. The maximum absolute atomic E-state index is 13.5. The van der Waals surface area contributed by atoms with Crippen LogP contribution >= 0.6 is 0 Å². The number of hydrogen-bond donors (Lipinski definition) is 1. The lowest BCUT2D eigenvalue weighted by Crippen LogP contribution is -2.26. The fraction of sp³-hybridized carbons (Fsp3) is 0.310. The zero-order valence-corrected chi connectivity index (χ0v) is 21.9. The first-order valence-corrected chi connectivity index (χ1v) is 11.9. The van der Waals surface area contributed by atoms with E-state index in [0.29, 0.717) is 35.4 Å². The molecule has 0 atom stereocenters. The second kappa shape index (κ2) is 9.66. The van der Waals surface area contributed by atoms with E-state index in [-0.39, 0.29) is 5.56 Å². The molecule has 2 aromatic carbocycles. The summed E-state index contributed by atoms with van der Waals surface area (Å²) in [7, 11) is 0. The quantitative estimate of drug-likeness (QED) is 0.412. The van der Waals surface area contributed by atoms with Crippen LogP contribution in [0.3, 0.4) is 0 Å². The first-order chi connectivity index (χ1) is 17.0. The summed E-state index contributed by atoms with van der Waals surface area (Å²) in [5.74, 6) is 1.21.